The van der Waals surface area contributed by atoms with Crippen molar-refractivity contribution in [2.75, 3.05) is 0 Å². The number of rotatable bonds is 5. The van der Waals surface area contributed by atoms with Gasteiger partial charge in [-0.15, -0.1) is 22.7 Å². The quantitative estimate of drug-likeness (QED) is 0.768. The van der Waals surface area contributed by atoms with Crippen molar-refractivity contribution >= 4 is 28.6 Å². The molecule has 2 aromatic heterocycles. The molecule has 3 rings (SSSR count). The maximum Gasteiger partial charge on any atom is 0.335 e. The van der Waals surface area contributed by atoms with E-state index in [9.17, 15) is 4.79 Å². The largest absolute Gasteiger partial charge is 0.486 e. The van der Waals surface area contributed by atoms with Gasteiger partial charge in [0.2, 0.25) is 0 Å². The Kier molecular flexibility index (Phi) is 3.98. The number of nitrogens with zero attached hydrogens (tertiary/aromatic N) is 1. The van der Waals surface area contributed by atoms with Gasteiger partial charge in [-0.05, 0) is 35.7 Å². The molecule has 106 valence electrons. The highest BCUT2D eigenvalue weighted by atomic mass is 32.1. The average Bonchev–Trinajstić information content (AvgIpc) is 3.16. The molecule has 0 aliphatic heterocycles. The molecule has 0 bridgehead atoms. The van der Waals surface area contributed by atoms with Crippen molar-refractivity contribution in [1.82, 2.24) is 4.98 Å². The van der Waals surface area contributed by atoms with Gasteiger partial charge in [0.1, 0.15) is 17.4 Å². The summed E-state index contributed by atoms with van der Waals surface area (Å²) in [5.41, 5.74) is 1.21. The molecule has 0 aliphatic carbocycles. The van der Waals surface area contributed by atoms with Crippen LogP contribution in [0.4, 0.5) is 0 Å². The molecule has 1 aromatic carbocycles. The first-order valence-electron chi connectivity index (χ1n) is 6.17. The second kappa shape index (κ2) is 6.07. The van der Waals surface area contributed by atoms with Crippen molar-refractivity contribution in [1.29, 1.82) is 0 Å². The summed E-state index contributed by atoms with van der Waals surface area (Å²) in [6.07, 6.45) is 0. The van der Waals surface area contributed by atoms with Gasteiger partial charge in [-0.25, -0.2) is 9.78 Å². The fraction of sp³-hybridized carbons (Fsp3) is 0.0667. The Labute approximate surface area is 129 Å². The zero-order chi connectivity index (χ0) is 14.7. The van der Waals surface area contributed by atoms with Crippen LogP contribution in [0.15, 0.2) is 47.2 Å². The number of hydrogen-bond acceptors (Lipinski definition) is 5. The van der Waals surface area contributed by atoms with Gasteiger partial charge < -0.3 is 9.84 Å². The van der Waals surface area contributed by atoms with Crippen LogP contribution in [-0.4, -0.2) is 16.1 Å². The van der Waals surface area contributed by atoms with E-state index in [0.717, 1.165) is 15.6 Å². The number of thiophene rings is 1. The predicted molar refractivity (Wildman–Crippen MR) is 83.2 cm³/mol. The first-order valence-corrected chi connectivity index (χ1v) is 7.93. The van der Waals surface area contributed by atoms with Crippen LogP contribution >= 0.6 is 22.7 Å². The third-order valence-corrected chi connectivity index (χ3v) is 4.50. The number of hydrogen-bond donors (Lipinski definition) is 1. The average molecular weight is 317 g/mol. The van der Waals surface area contributed by atoms with Gasteiger partial charge >= 0.3 is 5.97 Å². The van der Waals surface area contributed by atoms with E-state index in [1.54, 1.807) is 34.8 Å². The lowest BCUT2D eigenvalue weighted by Crippen LogP contribution is -1.97. The number of carboxylic acids is 1. The van der Waals surface area contributed by atoms with Crippen molar-refractivity contribution in [2.24, 2.45) is 0 Å². The SMILES string of the molecule is O=C(O)c1ccc(OCc2nc(-c3cccs3)cs2)cc1. The van der Waals surface area contributed by atoms with E-state index < -0.39 is 5.97 Å². The first kappa shape index (κ1) is 13.8. The molecule has 2 heterocycles. The van der Waals surface area contributed by atoms with Crippen LogP contribution < -0.4 is 4.74 Å². The summed E-state index contributed by atoms with van der Waals surface area (Å²) >= 11 is 3.21. The molecule has 6 heteroatoms. The maximum absolute atomic E-state index is 10.8. The van der Waals surface area contributed by atoms with Crippen molar-refractivity contribution in [3.63, 3.8) is 0 Å². The summed E-state index contributed by atoms with van der Waals surface area (Å²) in [4.78, 5) is 16.4. The molecule has 4 nitrogen and oxygen atoms in total. The third kappa shape index (κ3) is 3.29. The molecule has 0 radical (unpaired) electrons. The highest BCUT2D eigenvalue weighted by Gasteiger charge is 2.07. The molecule has 21 heavy (non-hydrogen) atoms. The molecule has 0 amide bonds. The maximum atomic E-state index is 10.8. The number of carboxylic acid groups (broad SMARTS) is 1. The normalized spacial score (nSPS) is 10.5. The van der Waals surface area contributed by atoms with Crippen LogP contribution in [0.3, 0.4) is 0 Å². The van der Waals surface area contributed by atoms with Crippen LogP contribution in [0.1, 0.15) is 15.4 Å². The predicted octanol–water partition coefficient (Wildman–Crippen LogP) is 4.15. The first-order chi connectivity index (χ1) is 10.2. The third-order valence-electron chi connectivity index (χ3n) is 2.79. The van der Waals surface area contributed by atoms with Gasteiger partial charge in [0.25, 0.3) is 0 Å². The Morgan fingerprint density at radius 1 is 1.19 bits per heavy atom. The summed E-state index contributed by atoms with van der Waals surface area (Å²) < 4.78 is 5.62. The Morgan fingerprint density at radius 2 is 2.00 bits per heavy atom. The number of aromatic carboxylic acids is 1. The van der Waals surface area contributed by atoms with E-state index in [4.69, 9.17) is 9.84 Å². The molecule has 0 aliphatic rings. The summed E-state index contributed by atoms with van der Waals surface area (Å²) in [7, 11) is 0. The van der Waals surface area contributed by atoms with Crippen LogP contribution in [0.2, 0.25) is 0 Å². The van der Waals surface area contributed by atoms with Crippen LogP contribution in [0.5, 0.6) is 5.75 Å². The molecule has 3 aromatic rings. The van der Waals surface area contributed by atoms with Crippen LogP contribution in [-0.2, 0) is 6.61 Å². The zero-order valence-electron chi connectivity index (χ0n) is 10.9. The molecule has 0 unspecified atom stereocenters. The molecular weight excluding hydrogens is 306 g/mol. The Morgan fingerprint density at radius 3 is 2.67 bits per heavy atom. The van der Waals surface area contributed by atoms with E-state index in [0.29, 0.717) is 12.4 Å². The van der Waals surface area contributed by atoms with Crippen LogP contribution in [0.25, 0.3) is 10.6 Å². The molecule has 0 fully saturated rings. The number of carbonyl (C=O) groups is 1. The minimum Gasteiger partial charge on any atom is -0.486 e. The Bertz CT molecular complexity index is 733. The van der Waals surface area contributed by atoms with Crippen LogP contribution in [0, 0.1) is 0 Å². The molecule has 0 spiro atoms. The van der Waals surface area contributed by atoms with Gasteiger partial charge in [-0.1, -0.05) is 6.07 Å². The summed E-state index contributed by atoms with van der Waals surface area (Å²) in [6.45, 7) is 0.377. The molecule has 0 saturated carbocycles. The lowest BCUT2D eigenvalue weighted by molar-refractivity contribution is 0.0697. The molecule has 1 N–H and O–H groups in total. The van der Waals surface area contributed by atoms with E-state index in [-0.39, 0.29) is 5.56 Å². The Balaban J connectivity index is 1.64. The van der Waals surface area contributed by atoms with Gasteiger partial charge in [0, 0.05) is 5.38 Å². The van der Waals surface area contributed by atoms with E-state index in [1.807, 2.05) is 22.9 Å². The fourth-order valence-corrected chi connectivity index (χ4v) is 3.22. The fourth-order valence-electron chi connectivity index (χ4n) is 1.75. The van der Waals surface area contributed by atoms with Gasteiger partial charge in [-0.3, -0.25) is 0 Å². The van der Waals surface area contributed by atoms with Crippen molar-refractivity contribution in [2.45, 2.75) is 6.61 Å². The molecule has 0 atom stereocenters. The smallest absolute Gasteiger partial charge is 0.335 e. The van der Waals surface area contributed by atoms with Crippen molar-refractivity contribution < 1.29 is 14.6 Å². The highest BCUT2D eigenvalue weighted by Crippen LogP contribution is 2.26. The minimum absolute atomic E-state index is 0.247. The number of ether oxygens (including phenoxy) is 1. The summed E-state index contributed by atoms with van der Waals surface area (Å²) in [6, 6.07) is 10.4. The lowest BCUT2D eigenvalue weighted by Gasteiger charge is -2.04. The Hall–Kier alpha value is -2.18. The summed E-state index contributed by atoms with van der Waals surface area (Å²) in [5, 5.41) is 13.8. The van der Waals surface area contributed by atoms with Crippen molar-refractivity contribution in [3.8, 4) is 16.3 Å². The topological polar surface area (TPSA) is 59.4 Å². The minimum atomic E-state index is -0.943. The molecular formula is C15H11NO3S2. The number of benzene rings is 1. The van der Waals surface area contributed by atoms with E-state index >= 15 is 0 Å². The lowest BCUT2D eigenvalue weighted by atomic mass is 10.2. The summed E-state index contributed by atoms with van der Waals surface area (Å²) in [5.74, 6) is -0.310. The zero-order valence-corrected chi connectivity index (χ0v) is 12.5. The second-order valence-corrected chi connectivity index (χ2v) is 6.11. The van der Waals surface area contributed by atoms with Crippen molar-refractivity contribution in [3.05, 3.63) is 57.7 Å². The van der Waals surface area contributed by atoms with Gasteiger partial charge in [-0.2, -0.15) is 0 Å². The highest BCUT2D eigenvalue weighted by molar-refractivity contribution is 7.14. The second-order valence-electron chi connectivity index (χ2n) is 4.22. The van der Waals surface area contributed by atoms with Gasteiger partial charge in [0.05, 0.1) is 16.1 Å². The van der Waals surface area contributed by atoms with E-state index in [2.05, 4.69) is 4.98 Å². The van der Waals surface area contributed by atoms with Gasteiger partial charge in [0.15, 0.2) is 0 Å². The standard InChI is InChI=1S/C15H11NO3S2/c17-15(18)10-3-5-11(6-4-10)19-8-14-16-12(9-21-14)13-2-1-7-20-13/h1-7,9H,8H2,(H,17,18). The number of thiazole rings is 1. The number of aromatic nitrogens is 1. The molecule has 0 saturated heterocycles. The monoisotopic (exact) mass is 317 g/mol. The van der Waals surface area contributed by atoms with E-state index in [1.165, 1.54) is 12.1 Å².